The van der Waals surface area contributed by atoms with Gasteiger partial charge in [-0.15, -0.1) is 0 Å². The zero-order chi connectivity index (χ0) is 18.4. The predicted octanol–water partition coefficient (Wildman–Crippen LogP) is 2.78. The summed E-state index contributed by atoms with van der Waals surface area (Å²) in [4.78, 5) is 23.2. The molecule has 25 heavy (non-hydrogen) atoms. The number of hydrogen-bond donors (Lipinski definition) is 2. The molecule has 0 heterocycles. The Balaban J connectivity index is 1.92. The van der Waals surface area contributed by atoms with Crippen LogP contribution < -0.4 is 15.8 Å². The second-order valence-corrected chi connectivity index (χ2v) is 6.88. The van der Waals surface area contributed by atoms with Gasteiger partial charge in [-0.25, -0.2) is 0 Å². The number of nitrogens with two attached hydrogens (primary N) is 1. The summed E-state index contributed by atoms with van der Waals surface area (Å²) in [6.07, 6.45) is 0. The van der Waals surface area contributed by atoms with Crippen molar-refractivity contribution in [2.75, 3.05) is 6.61 Å². The van der Waals surface area contributed by atoms with Crippen molar-refractivity contribution in [3.63, 3.8) is 0 Å². The summed E-state index contributed by atoms with van der Waals surface area (Å²) in [6, 6.07) is 14.6. The van der Waals surface area contributed by atoms with Gasteiger partial charge in [-0.1, -0.05) is 51.1 Å². The number of primary amides is 1. The highest BCUT2D eigenvalue weighted by molar-refractivity contribution is 5.92. The molecule has 0 aliphatic rings. The molecular formula is C20H24N2O3. The van der Waals surface area contributed by atoms with Crippen molar-refractivity contribution in [3.05, 3.63) is 65.2 Å². The van der Waals surface area contributed by atoms with Crippen molar-refractivity contribution >= 4 is 11.8 Å². The third kappa shape index (κ3) is 5.35. The Morgan fingerprint density at radius 2 is 1.80 bits per heavy atom. The largest absolute Gasteiger partial charge is 0.483 e. The zero-order valence-corrected chi connectivity index (χ0v) is 14.8. The van der Waals surface area contributed by atoms with Crippen LogP contribution in [0.2, 0.25) is 0 Å². The summed E-state index contributed by atoms with van der Waals surface area (Å²) in [5.41, 5.74) is 7.46. The van der Waals surface area contributed by atoms with Crippen LogP contribution in [0.4, 0.5) is 0 Å². The summed E-state index contributed by atoms with van der Waals surface area (Å²) < 4.78 is 5.69. The van der Waals surface area contributed by atoms with Gasteiger partial charge in [0.2, 0.25) is 5.91 Å². The molecule has 0 bridgehead atoms. The van der Waals surface area contributed by atoms with Gasteiger partial charge in [-0.2, -0.15) is 0 Å². The summed E-state index contributed by atoms with van der Waals surface area (Å²) >= 11 is 0. The maximum absolute atomic E-state index is 12.0. The third-order valence-electron chi connectivity index (χ3n) is 3.76. The molecule has 0 unspecified atom stereocenters. The Bertz CT molecular complexity index is 764. The molecule has 132 valence electrons. The van der Waals surface area contributed by atoms with E-state index >= 15 is 0 Å². The fourth-order valence-corrected chi connectivity index (χ4v) is 2.44. The van der Waals surface area contributed by atoms with Crippen LogP contribution in [-0.2, 0) is 16.8 Å². The first-order valence-corrected chi connectivity index (χ1v) is 8.15. The molecule has 3 N–H and O–H groups in total. The highest BCUT2D eigenvalue weighted by Crippen LogP contribution is 2.30. The first-order valence-electron chi connectivity index (χ1n) is 8.15. The minimum absolute atomic E-state index is 0.0669. The first-order chi connectivity index (χ1) is 11.8. The molecule has 0 aromatic heterocycles. The number of carbonyl (C=O) groups is 2. The molecule has 2 aromatic carbocycles. The molecule has 2 rings (SSSR count). The van der Waals surface area contributed by atoms with Gasteiger partial charge < -0.3 is 15.8 Å². The van der Waals surface area contributed by atoms with E-state index in [1.165, 1.54) is 0 Å². The number of rotatable bonds is 6. The Morgan fingerprint density at radius 3 is 2.48 bits per heavy atom. The monoisotopic (exact) mass is 340 g/mol. The van der Waals surface area contributed by atoms with Crippen molar-refractivity contribution in [3.8, 4) is 5.75 Å². The van der Waals surface area contributed by atoms with Crippen LogP contribution in [0.5, 0.6) is 5.75 Å². The van der Waals surface area contributed by atoms with Crippen molar-refractivity contribution in [2.45, 2.75) is 32.7 Å². The average molecular weight is 340 g/mol. The number of benzene rings is 2. The molecule has 2 amide bonds. The SMILES string of the molecule is CC(C)(C)c1ccccc1OCC(=O)NCc1cccc(C(N)=O)c1. The van der Waals surface area contributed by atoms with Crippen molar-refractivity contribution in [2.24, 2.45) is 5.73 Å². The molecule has 0 radical (unpaired) electrons. The normalized spacial score (nSPS) is 11.0. The number of nitrogens with one attached hydrogen (secondary N) is 1. The quantitative estimate of drug-likeness (QED) is 0.848. The third-order valence-corrected chi connectivity index (χ3v) is 3.76. The van der Waals surface area contributed by atoms with Gasteiger partial charge in [0.05, 0.1) is 0 Å². The molecule has 5 heteroatoms. The van der Waals surface area contributed by atoms with Crippen LogP contribution >= 0.6 is 0 Å². The van der Waals surface area contributed by atoms with Crippen molar-refractivity contribution in [1.82, 2.24) is 5.32 Å². The molecule has 5 nitrogen and oxygen atoms in total. The molecule has 2 aromatic rings. The predicted molar refractivity (Wildman–Crippen MR) is 97.4 cm³/mol. The maximum Gasteiger partial charge on any atom is 0.258 e. The minimum Gasteiger partial charge on any atom is -0.483 e. The van der Waals surface area contributed by atoms with Crippen LogP contribution in [0.25, 0.3) is 0 Å². The zero-order valence-electron chi connectivity index (χ0n) is 14.8. The number of ether oxygens (including phenoxy) is 1. The van der Waals surface area contributed by atoms with E-state index in [0.717, 1.165) is 11.1 Å². The Morgan fingerprint density at radius 1 is 1.08 bits per heavy atom. The summed E-state index contributed by atoms with van der Waals surface area (Å²) in [6.45, 7) is 6.54. The van der Waals surface area contributed by atoms with Crippen LogP contribution in [0, 0.1) is 0 Å². The highest BCUT2D eigenvalue weighted by atomic mass is 16.5. The average Bonchev–Trinajstić information content (AvgIpc) is 2.58. The van der Waals surface area contributed by atoms with Crippen LogP contribution in [-0.4, -0.2) is 18.4 Å². The second-order valence-electron chi connectivity index (χ2n) is 6.88. The van der Waals surface area contributed by atoms with E-state index in [1.807, 2.05) is 30.3 Å². The Hall–Kier alpha value is -2.82. The van der Waals surface area contributed by atoms with E-state index in [2.05, 4.69) is 26.1 Å². The van der Waals surface area contributed by atoms with Gasteiger partial charge in [0, 0.05) is 12.1 Å². The molecule has 0 fully saturated rings. The molecular weight excluding hydrogens is 316 g/mol. The van der Waals surface area contributed by atoms with Gasteiger partial charge in [0.15, 0.2) is 6.61 Å². The Labute approximate surface area is 148 Å². The standard InChI is InChI=1S/C20H24N2O3/c1-20(2,3)16-9-4-5-10-17(16)25-13-18(23)22-12-14-7-6-8-15(11-14)19(21)24/h4-11H,12-13H2,1-3H3,(H2,21,24)(H,22,23). The lowest BCUT2D eigenvalue weighted by Gasteiger charge is -2.22. The van der Waals surface area contributed by atoms with Gasteiger partial charge in [-0.05, 0) is 34.7 Å². The molecule has 0 aliphatic heterocycles. The van der Waals surface area contributed by atoms with E-state index in [-0.39, 0.29) is 17.9 Å². The van der Waals surface area contributed by atoms with E-state index in [9.17, 15) is 9.59 Å². The summed E-state index contributed by atoms with van der Waals surface area (Å²) in [5.74, 6) is -0.00985. The fraction of sp³-hybridized carbons (Fsp3) is 0.300. The maximum atomic E-state index is 12.0. The second kappa shape index (κ2) is 7.83. The molecule has 0 saturated heterocycles. The minimum atomic E-state index is -0.490. The van der Waals surface area contributed by atoms with E-state index in [1.54, 1.807) is 18.2 Å². The van der Waals surface area contributed by atoms with E-state index < -0.39 is 5.91 Å². The number of carbonyl (C=O) groups excluding carboxylic acids is 2. The summed E-state index contributed by atoms with van der Waals surface area (Å²) in [7, 11) is 0. The molecule has 0 atom stereocenters. The lowest BCUT2D eigenvalue weighted by atomic mass is 9.86. The van der Waals surface area contributed by atoms with Gasteiger partial charge in [0.25, 0.3) is 5.91 Å². The van der Waals surface area contributed by atoms with Crippen molar-refractivity contribution < 1.29 is 14.3 Å². The van der Waals surface area contributed by atoms with Crippen molar-refractivity contribution in [1.29, 1.82) is 0 Å². The van der Waals surface area contributed by atoms with E-state index in [0.29, 0.717) is 17.9 Å². The highest BCUT2D eigenvalue weighted by Gasteiger charge is 2.18. The van der Waals surface area contributed by atoms with Gasteiger partial charge in [0.1, 0.15) is 5.75 Å². The number of hydrogen-bond acceptors (Lipinski definition) is 3. The first kappa shape index (κ1) is 18.5. The van der Waals surface area contributed by atoms with Crippen LogP contribution in [0.1, 0.15) is 42.3 Å². The Kier molecular flexibility index (Phi) is 5.80. The van der Waals surface area contributed by atoms with Crippen LogP contribution in [0.3, 0.4) is 0 Å². The van der Waals surface area contributed by atoms with E-state index in [4.69, 9.17) is 10.5 Å². The molecule has 0 aliphatic carbocycles. The molecule has 0 saturated carbocycles. The van der Waals surface area contributed by atoms with Crippen LogP contribution in [0.15, 0.2) is 48.5 Å². The number of para-hydroxylation sites is 1. The fourth-order valence-electron chi connectivity index (χ4n) is 2.44. The van der Waals surface area contributed by atoms with Gasteiger partial charge >= 0.3 is 0 Å². The van der Waals surface area contributed by atoms with Gasteiger partial charge in [-0.3, -0.25) is 9.59 Å². The lowest BCUT2D eigenvalue weighted by Crippen LogP contribution is -2.29. The molecule has 0 spiro atoms. The topological polar surface area (TPSA) is 81.4 Å². The smallest absolute Gasteiger partial charge is 0.258 e. The lowest BCUT2D eigenvalue weighted by molar-refractivity contribution is -0.123. The number of amides is 2. The summed E-state index contributed by atoms with van der Waals surface area (Å²) in [5, 5.41) is 2.78.